The standard InChI is InChI=1S/C15H28N2O5.C8H11NO.C2H6/c1-5-9-20-11-7-17(14(19)22-15(2,3)4)8-12-21-10-6-16-13-18;1-6-3-4-7(9)8(5-6)10-2;1-2/h5,13H,1,6-12H2,2-4H3,(H,16,18);3-5H,9H2,1-2H3;1-2H3. The van der Waals surface area contributed by atoms with E-state index in [0.29, 0.717) is 58.2 Å². The summed E-state index contributed by atoms with van der Waals surface area (Å²) in [5, 5.41) is 2.50. The molecular formula is C25H45N3O6. The van der Waals surface area contributed by atoms with Crippen LogP contribution in [0.1, 0.15) is 40.2 Å². The van der Waals surface area contributed by atoms with Crippen LogP contribution >= 0.6 is 0 Å². The zero-order valence-corrected chi connectivity index (χ0v) is 22.0. The van der Waals surface area contributed by atoms with Crippen LogP contribution < -0.4 is 15.8 Å². The lowest BCUT2D eigenvalue weighted by Gasteiger charge is -2.27. The molecule has 34 heavy (non-hydrogen) atoms. The maximum absolute atomic E-state index is 12.1. The molecule has 2 amide bonds. The smallest absolute Gasteiger partial charge is 0.410 e. The molecule has 0 saturated carbocycles. The van der Waals surface area contributed by atoms with Gasteiger partial charge in [0.1, 0.15) is 11.4 Å². The first-order chi connectivity index (χ1) is 16.1. The monoisotopic (exact) mass is 483 g/mol. The summed E-state index contributed by atoms with van der Waals surface area (Å²) in [4.78, 5) is 23.7. The van der Waals surface area contributed by atoms with Gasteiger partial charge in [0.15, 0.2) is 0 Å². The second-order valence-electron chi connectivity index (χ2n) is 7.76. The minimum absolute atomic E-state index is 0.362. The van der Waals surface area contributed by atoms with Gasteiger partial charge in [-0.3, -0.25) is 4.79 Å². The number of amides is 2. The van der Waals surface area contributed by atoms with Gasteiger partial charge in [-0.15, -0.1) is 6.58 Å². The Balaban J connectivity index is 0. The third-order valence-corrected chi connectivity index (χ3v) is 3.76. The van der Waals surface area contributed by atoms with Gasteiger partial charge in [-0.25, -0.2) is 4.79 Å². The van der Waals surface area contributed by atoms with E-state index >= 15 is 0 Å². The molecule has 0 aromatic heterocycles. The molecule has 0 aliphatic rings. The number of nitrogens with zero attached hydrogens (tertiary/aromatic N) is 1. The van der Waals surface area contributed by atoms with Crippen LogP contribution in [0, 0.1) is 6.92 Å². The fraction of sp³-hybridized carbons (Fsp3) is 0.600. The topological polar surface area (TPSA) is 112 Å². The molecule has 0 aliphatic carbocycles. The SMILES string of the molecule is C=CCOCCN(CCOCCNC=O)C(=O)OC(C)(C)C.CC.COc1cc(C)ccc1N. The lowest BCUT2D eigenvalue weighted by atomic mass is 10.2. The average Bonchev–Trinajstić information content (AvgIpc) is 2.79. The van der Waals surface area contributed by atoms with Gasteiger partial charge >= 0.3 is 6.09 Å². The van der Waals surface area contributed by atoms with E-state index in [2.05, 4.69) is 11.9 Å². The number of nitrogens with two attached hydrogens (primary N) is 1. The molecule has 1 rings (SSSR count). The number of benzene rings is 1. The van der Waals surface area contributed by atoms with Crippen molar-refractivity contribution in [3.63, 3.8) is 0 Å². The summed E-state index contributed by atoms with van der Waals surface area (Å²) in [5.74, 6) is 0.750. The predicted octanol–water partition coefficient (Wildman–Crippen LogP) is 3.80. The Morgan fingerprint density at radius 1 is 1.15 bits per heavy atom. The van der Waals surface area contributed by atoms with Crippen molar-refractivity contribution in [2.45, 2.75) is 47.1 Å². The summed E-state index contributed by atoms with van der Waals surface area (Å²) in [7, 11) is 1.62. The summed E-state index contributed by atoms with van der Waals surface area (Å²) < 4.78 is 21.0. The van der Waals surface area contributed by atoms with Crippen molar-refractivity contribution in [3.8, 4) is 5.75 Å². The summed E-state index contributed by atoms with van der Waals surface area (Å²) in [5.41, 5.74) is 6.87. The molecule has 0 radical (unpaired) electrons. The fourth-order valence-corrected chi connectivity index (χ4v) is 2.25. The van der Waals surface area contributed by atoms with Gasteiger partial charge in [0.25, 0.3) is 0 Å². The number of carbonyl (C=O) groups is 2. The molecule has 9 nitrogen and oxygen atoms in total. The molecular weight excluding hydrogens is 438 g/mol. The number of rotatable bonds is 13. The molecule has 0 aliphatic heterocycles. The van der Waals surface area contributed by atoms with Crippen LogP contribution in [-0.2, 0) is 19.0 Å². The molecule has 0 heterocycles. The summed E-state index contributed by atoms with van der Waals surface area (Å²) in [6.45, 7) is 17.9. The molecule has 0 fully saturated rings. The van der Waals surface area contributed by atoms with Gasteiger partial charge in [-0.2, -0.15) is 0 Å². The summed E-state index contributed by atoms with van der Waals surface area (Å²) >= 11 is 0. The Bertz CT molecular complexity index is 677. The average molecular weight is 484 g/mol. The summed E-state index contributed by atoms with van der Waals surface area (Å²) in [6, 6.07) is 5.71. The number of hydrogen-bond donors (Lipinski definition) is 2. The van der Waals surface area contributed by atoms with E-state index < -0.39 is 11.7 Å². The van der Waals surface area contributed by atoms with Gasteiger partial charge in [-0.05, 0) is 45.4 Å². The molecule has 0 atom stereocenters. The highest BCUT2D eigenvalue weighted by molar-refractivity contribution is 5.68. The quantitative estimate of drug-likeness (QED) is 0.190. The Labute approximate surface area is 205 Å². The number of aryl methyl sites for hydroxylation is 1. The number of nitrogens with one attached hydrogen (secondary N) is 1. The van der Waals surface area contributed by atoms with Crippen molar-refractivity contribution >= 4 is 18.2 Å². The fourth-order valence-electron chi connectivity index (χ4n) is 2.25. The lowest BCUT2D eigenvalue weighted by Crippen LogP contribution is -2.40. The van der Waals surface area contributed by atoms with Crippen molar-refractivity contribution in [2.75, 3.05) is 58.9 Å². The maximum atomic E-state index is 12.1. The van der Waals surface area contributed by atoms with Crippen molar-refractivity contribution in [3.05, 3.63) is 36.4 Å². The number of ether oxygens (including phenoxy) is 4. The zero-order valence-electron chi connectivity index (χ0n) is 22.0. The second-order valence-corrected chi connectivity index (χ2v) is 7.76. The molecule has 9 heteroatoms. The van der Waals surface area contributed by atoms with Crippen molar-refractivity contribution < 1.29 is 28.5 Å². The maximum Gasteiger partial charge on any atom is 0.410 e. The number of nitrogen functional groups attached to an aromatic ring is 1. The minimum atomic E-state index is -0.550. The van der Waals surface area contributed by atoms with E-state index in [1.54, 1.807) is 18.1 Å². The number of anilines is 1. The largest absolute Gasteiger partial charge is 0.495 e. The van der Waals surface area contributed by atoms with E-state index in [9.17, 15) is 9.59 Å². The van der Waals surface area contributed by atoms with E-state index in [4.69, 9.17) is 24.7 Å². The Kier molecular flexibility index (Phi) is 20.4. The van der Waals surface area contributed by atoms with Crippen LogP contribution in [0.5, 0.6) is 5.75 Å². The van der Waals surface area contributed by atoms with E-state index in [1.807, 2.05) is 59.7 Å². The summed E-state index contributed by atoms with van der Waals surface area (Å²) in [6.07, 6.45) is 1.87. The highest BCUT2D eigenvalue weighted by atomic mass is 16.6. The first kappa shape index (κ1) is 33.4. The van der Waals surface area contributed by atoms with Gasteiger partial charge in [0.05, 0.1) is 39.2 Å². The third kappa shape index (κ3) is 18.8. The molecule has 3 N–H and O–H groups in total. The normalized spacial score (nSPS) is 9.97. The second kappa shape index (κ2) is 20.8. The zero-order chi connectivity index (χ0) is 26.4. The minimum Gasteiger partial charge on any atom is -0.495 e. The van der Waals surface area contributed by atoms with Crippen LogP contribution in [0.4, 0.5) is 10.5 Å². The van der Waals surface area contributed by atoms with Crippen molar-refractivity contribution in [1.29, 1.82) is 0 Å². The van der Waals surface area contributed by atoms with Gasteiger partial charge in [0.2, 0.25) is 6.41 Å². The third-order valence-electron chi connectivity index (χ3n) is 3.76. The molecule has 0 saturated heterocycles. The number of methoxy groups -OCH3 is 1. The number of carbonyl (C=O) groups excluding carboxylic acids is 2. The molecule has 0 bridgehead atoms. The highest BCUT2D eigenvalue weighted by Gasteiger charge is 2.21. The highest BCUT2D eigenvalue weighted by Crippen LogP contribution is 2.21. The van der Waals surface area contributed by atoms with Crippen LogP contribution in [0.15, 0.2) is 30.9 Å². The lowest BCUT2D eigenvalue weighted by molar-refractivity contribution is -0.109. The Hall–Kier alpha value is -2.78. The Morgan fingerprint density at radius 2 is 1.76 bits per heavy atom. The van der Waals surface area contributed by atoms with E-state index in [-0.39, 0.29) is 0 Å². The first-order valence-corrected chi connectivity index (χ1v) is 11.5. The molecule has 0 spiro atoms. The molecule has 1 aromatic carbocycles. The van der Waals surface area contributed by atoms with Crippen LogP contribution in [0.2, 0.25) is 0 Å². The van der Waals surface area contributed by atoms with Crippen LogP contribution in [0.25, 0.3) is 0 Å². The van der Waals surface area contributed by atoms with Crippen molar-refractivity contribution in [1.82, 2.24) is 10.2 Å². The predicted molar refractivity (Wildman–Crippen MR) is 137 cm³/mol. The Morgan fingerprint density at radius 3 is 2.26 bits per heavy atom. The first-order valence-electron chi connectivity index (χ1n) is 11.5. The van der Waals surface area contributed by atoms with Gasteiger partial charge < -0.3 is 34.9 Å². The van der Waals surface area contributed by atoms with Gasteiger partial charge in [-0.1, -0.05) is 26.0 Å². The molecule has 0 unspecified atom stereocenters. The van der Waals surface area contributed by atoms with Crippen LogP contribution in [-0.4, -0.2) is 76.2 Å². The van der Waals surface area contributed by atoms with Crippen molar-refractivity contribution in [2.24, 2.45) is 0 Å². The number of hydrogen-bond acceptors (Lipinski definition) is 7. The van der Waals surface area contributed by atoms with E-state index in [1.165, 1.54) is 0 Å². The molecule has 1 aromatic rings. The van der Waals surface area contributed by atoms with Crippen LogP contribution in [0.3, 0.4) is 0 Å². The molecule has 196 valence electrons. The van der Waals surface area contributed by atoms with E-state index in [0.717, 1.165) is 11.3 Å². The van der Waals surface area contributed by atoms with Gasteiger partial charge in [0, 0.05) is 19.6 Å².